The largest absolute Gasteiger partial charge is 0.396 e. The molecule has 1 unspecified atom stereocenters. The van der Waals surface area contributed by atoms with Crippen LogP contribution in [0.5, 0.6) is 0 Å². The average Bonchev–Trinajstić information content (AvgIpc) is 3.30. The molecule has 0 saturated heterocycles. The molecule has 1 amide bonds. The fourth-order valence-corrected chi connectivity index (χ4v) is 2.74. The van der Waals surface area contributed by atoms with Gasteiger partial charge in [0.05, 0.1) is 0 Å². The number of aromatic nitrogens is 2. The maximum atomic E-state index is 12.6. The van der Waals surface area contributed by atoms with E-state index in [1.54, 1.807) is 12.1 Å². The van der Waals surface area contributed by atoms with Gasteiger partial charge in [-0.2, -0.15) is 4.98 Å². The molecule has 1 aliphatic rings. The molecule has 1 aromatic heterocycles. The topological polar surface area (TPSA) is 88.2 Å². The van der Waals surface area contributed by atoms with Crippen molar-refractivity contribution in [1.29, 1.82) is 0 Å². The zero-order valence-corrected chi connectivity index (χ0v) is 15.0. The molecule has 3 rings (SSSR count). The van der Waals surface area contributed by atoms with E-state index in [-0.39, 0.29) is 24.0 Å². The van der Waals surface area contributed by atoms with Crippen LogP contribution in [0.1, 0.15) is 62.2 Å². The summed E-state index contributed by atoms with van der Waals surface area (Å²) in [6.07, 6.45) is 2.72. The van der Waals surface area contributed by atoms with Crippen molar-refractivity contribution < 1.29 is 14.4 Å². The number of benzene rings is 1. The minimum Gasteiger partial charge on any atom is -0.396 e. The number of amides is 1. The van der Waals surface area contributed by atoms with Crippen molar-refractivity contribution in [1.82, 2.24) is 15.5 Å². The van der Waals surface area contributed by atoms with Crippen molar-refractivity contribution in [2.24, 2.45) is 5.41 Å². The predicted molar refractivity (Wildman–Crippen MR) is 94.1 cm³/mol. The summed E-state index contributed by atoms with van der Waals surface area (Å²) in [5.41, 5.74) is 1.17. The Kier molecular flexibility index (Phi) is 4.90. The number of nitrogens with zero attached hydrogens (tertiary/aromatic N) is 2. The number of aliphatic hydroxyl groups is 1. The van der Waals surface area contributed by atoms with Crippen LogP contribution in [0.2, 0.25) is 0 Å². The first kappa shape index (κ1) is 17.6. The fraction of sp³-hybridized carbons (Fsp3) is 0.526. The molecule has 6 heteroatoms. The Bertz CT molecular complexity index is 744. The van der Waals surface area contributed by atoms with Crippen LogP contribution in [0.4, 0.5) is 0 Å². The lowest BCUT2D eigenvalue weighted by atomic mass is 9.84. The van der Waals surface area contributed by atoms with Gasteiger partial charge in [0.2, 0.25) is 11.7 Å². The van der Waals surface area contributed by atoms with E-state index >= 15 is 0 Å². The first-order valence-electron chi connectivity index (χ1n) is 8.74. The molecule has 2 aromatic rings. The van der Waals surface area contributed by atoms with Crippen LogP contribution in [0, 0.1) is 5.41 Å². The summed E-state index contributed by atoms with van der Waals surface area (Å²) in [6, 6.07) is 7.11. The van der Waals surface area contributed by atoms with Crippen LogP contribution in [0.15, 0.2) is 28.8 Å². The minimum atomic E-state index is -0.166. The number of hydrogen-bond donors (Lipinski definition) is 2. The monoisotopic (exact) mass is 343 g/mol. The van der Waals surface area contributed by atoms with Crippen molar-refractivity contribution >= 4 is 5.91 Å². The highest BCUT2D eigenvalue weighted by Crippen LogP contribution is 2.39. The second kappa shape index (κ2) is 6.96. The highest BCUT2D eigenvalue weighted by molar-refractivity contribution is 5.95. The van der Waals surface area contributed by atoms with E-state index in [1.807, 2.05) is 32.9 Å². The Labute approximate surface area is 147 Å². The average molecular weight is 343 g/mol. The lowest BCUT2D eigenvalue weighted by molar-refractivity contribution is 0.0885. The second-order valence-corrected chi connectivity index (χ2v) is 7.72. The molecule has 2 N–H and O–H groups in total. The maximum Gasteiger partial charge on any atom is 0.251 e. The van der Waals surface area contributed by atoms with Crippen LogP contribution < -0.4 is 5.32 Å². The Morgan fingerprint density at radius 1 is 1.40 bits per heavy atom. The van der Waals surface area contributed by atoms with Crippen molar-refractivity contribution in [2.75, 3.05) is 6.61 Å². The van der Waals surface area contributed by atoms with Gasteiger partial charge in [0, 0.05) is 29.7 Å². The predicted octanol–water partition coefficient (Wildman–Crippen LogP) is 3.14. The van der Waals surface area contributed by atoms with Crippen LogP contribution in [-0.4, -0.2) is 33.8 Å². The van der Waals surface area contributed by atoms with Crippen LogP contribution in [0.3, 0.4) is 0 Å². The van der Waals surface area contributed by atoms with Crippen LogP contribution >= 0.6 is 0 Å². The number of rotatable bonds is 6. The molecule has 1 aliphatic carbocycles. The van der Waals surface area contributed by atoms with Gasteiger partial charge in [0.15, 0.2) is 0 Å². The number of carbonyl (C=O) groups is 1. The zero-order valence-electron chi connectivity index (χ0n) is 15.0. The van der Waals surface area contributed by atoms with Crippen LogP contribution in [-0.2, 0) is 0 Å². The second-order valence-electron chi connectivity index (χ2n) is 7.72. The molecule has 0 aliphatic heterocycles. The molecule has 1 aromatic carbocycles. The maximum absolute atomic E-state index is 12.6. The third-order valence-corrected chi connectivity index (χ3v) is 4.52. The summed E-state index contributed by atoms with van der Waals surface area (Å²) in [6.45, 7) is 6.17. The third kappa shape index (κ3) is 4.25. The molecule has 1 fully saturated rings. The van der Waals surface area contributed by atoms with Gasteiger partial charge in [-0.1, -0.05) is 38.1 Å². The van der Waals surface area contributed by atoms with E-state index in [1.165, 1.54) is 0 Å². The van der Waals surface area contributed by atoms with Crippen molar-refractivity contribution in [2.45, 2.75) is 52.0 Å². The fourth-order valence-electron chi connectivity index (χ4n) is 2.74. The van der Waals surface area contributed by atoms with E-state index in [0.29, 0.717) is 29.6 Å². The molecule has 1 saturated carbocycles. The van der Waals surface area contributed by atoms with Gasteiger partial charge in [-0.05, 0) is 36.8 Å². The van der Waals surface area contributed by atoms with Gasteiger partial charge in [-0.25, -0.2) is 0 Å². The highest BCUT2D eigenvalue weighted by atomic mass is 16.5. The third-order valence-electron chi connectivity index (χ3n) is 4.52. The van der Waals surface area contributed by atoms with E-state index in [0.717, 1.165) is 18.4 Å². The smallest absolute Gasteiger partial charge is 0.251 e. The summed E-state index contributed by atoms with van der Waals surface area (Å²) >= 11 is 0. The van der Waals surface area contributed by atoms with Gasteiger partial charge in [-0.3, -0.25) is 4.79 Å². The molecule has 0 radical (unpaired) electrons. The molecule has 25 heavy (non-hydrogen) atoms. The van der Waals surface area contributed by atoms with Gasteiger partial charge in [0.25, 0.3) is 5.91 Å². The normalized spacial score (nSPS) is 15.8. The van der Waals surface area contributed by atoms with Crippen molar-refractivity contribution in [3.05, 3.63) is 35.7 Å². The first-order chi connectivity index (χ1) is 11.9. The quantitative estimate of drug-likeness (QED) is 0.841. The van der Waals surface area contributed by atoms with Crippen molar-refractivity contribution in [3.63, 3.8) is 0 Å². The number of carbonyl (C=O) groups excluding carboxylic acids is 1. The molecule has 1 atom stereocenters. The Morgan fingerprint density at radius 2 is 2.16 bits per heavy atom. The Hall–Kier alpha value is -2.21. The molecule has 134 valence electrons. The van der Waals surface area contributed by atoms with E-state index in [9.17, 15) is 9.90 Å². The van der Waals surface area contributed by atoms with E-state index in [4.69, 9.17) is 4.52 Å². The van der Waals surface area contributed by atoms with Gasteiger partial charge < -0.3 is 14.9 Å². The molecular weight excluding hydrogens is 318 g/mol. The lowest BCUT2D eigenvalue weighted by Gasteiger charge is -2.31. The van der Waals surface area contributed by atoms with Gasteiger partial charge in [-0.15, -0.1) is 0 Å². The SMILES string of the molecule is CC(C)(C)C(CCO)NC(=O)c1cccc(-c2noc(C3CC3)n2)c1. The summed E-state index contributed by atoms with van der Waals surface area (Å²) in [4.78, 5) is 17.1. The molecule has 1 heterocycles. The summed E-state index contributed by atoms with van der Waals surface area (Å²) in [5.74, 6) is 1.43. The molecular formula is C19H25N3O3. The summed E-state index contributed by atoms with van der Waals surface area (Å²) in [5, 5.41) is 16.3. The Balaban J connectivity index is 1.76. The van der Waals surface area contributed by atoms with Gasteiger partial charge >= 0.3 is 0 Å². The zero-order chi connectivity index (χ0) is 18.0. The summed E-state index contributed by atoms with van der Waals surface area (Å²) < 4.78 is 5.30. The number of hydrogen-bond acceptors (Lipinski definition) is 5. The van der Waals surface area contributed by atoms with Crippen molar-refractivity contribution in [3.8, 4) is 11.4 Å². The van der Waals surface area contributed by atoms with Crippen LogP contribution in [0.25, 0.3) is 11.4 Å². The first-order valence-corrected chi connectivity index (χ1v) is 8.74. The van der Waals surface area contributed by atoms with Gasteiger partial charge in [0.1, 0.15) is 0 Å². The van der Waals surface area contributed by atoms with E-state index in [2.05, 4.69) is 15.5 Å². The number of aliphatic hydroxyl groups excluding tert-OH is 1. The standard InChI is InChI=1S/C19H25N3O3/c1-19(2,3)15(9-10-23)20-17(24)14-6-4-5-13(11-14)16-21-18(25-22-16)12-7-8-12/h4-6,11-12,15,23H,7-10H2,1-3H3,(H,20,24). The van der Waals surface area contributed by atoms with E-state index < -0.39 is 0 Å². The number of nitrogens with one attached hydrogen (secondary N) is 1. The Morgan fingerprint density at radius 3 is 2.80 bits per heavy atom. The summed E-state index contributed by atoms with van der Waals surface area (Å²) in [7, 11) is 0. The lowest BCUT2D eigenvalue weighted by Crippen LogP contribution is -2.44. The molecule has 0 spiro atoms. The highest BCUT2D eigenvalue weighted by Gasteiger charge is 2.30. The molecule has 6 nitrogen and oxygen atoms in total. The minimum absolute atomic E-state index is 0.0368. The molecule has 0 bridgehead atoms.